The van der Waals surface area contributed by atoms with Crippen molar-refractivity contribution in [3.8, 4) is 11.4 Å². The number of rotatable bonds is 6. The lowest BCUT2D eigenvalue weighted by Crippen LogP contribution is -2.32. The van der Waals surface area contributed by atoms with Gasteiger partial charge in [-0.2, -0.15) is 5.21 Å². The van der Waals surface area contributed by atoms with Gasteiger partial charge in [-0.25, -0.2) is 0 Å². The molecule has 1 fully saturated rings. The van der Waals surface area contributed by atoms with Crippen LogP contribution in [0.15, 0.2) is 30.5 Å². The van der Waals surface area contributed by atoms with Crippen LogP contribution in [0.1, 0.15) is 28.9 Å². The molecule has 1 aliphatic heterocycles. The average molecular weight is 381 g/mol. The normalized spacial score (nSPS) is 16.8. The number of benzene rings is 1. The molecule has 10 heteroatoms. The van der Waals surface area contributed by atoms with Crippen molar-refractivity contribution in [1.29, 1.82) is 0 Å². The third-order valence-corrected chi connectivity index (χ3v) is 4.90. The molecule has 2 N–H and O–H groups in total. The van der Waals surface area contributed by atoms with E-state index in [4.69, 9.17) is 0 Å². The number of carbonyl (C=O) groups excluding carboxylic acids is 1. The summed E-state index contributed by atoms with van der Waals surface area (Å²) in [6.45, 7) is 3.30. The van der Waals surface area contributed by atoms with Crippen molar-refractivity contribution in [2.24, 2.45) is 5.92 Å². The van der Waals surface area contributed by atoms with E-state index >= 15 is 0 Å². The predicted octanol–water partition coefficient (Wildman–Crippen LogP) is 0.730. The van der Waals surface area contributed by atoms with Crippen LogP contribution >= 0.6 is 0 Å². The number of hydrogen-bond acceptors (Lipinski definition) is 7. The van der Waals surface area contributed by atoms with E-state index < -0.39 is 0 Å². The maximum absolute atomic E-state index is 12.7. The summed E-state index contributed by atoms with van der Waals surface area (Å²) in [6, 6.07) is 7.72. The second kappa shape index (κ2) is 8.26. The molecule has 0 unspecified atom stereocenters. The first-order valence-corrected chi connectivity index (χ1v) is 9.38. The van der Waals surface area contributed by atoms with Gasteiger partial charge in [0.15, 0.2) is 5.69 Å². The Morgan fingerprint density at radius 2 is 2.29 bits per heavy atom. The molecule has 4 rings (SSSR count). The Labute approximate surface area is 162 Å². The van der Waals surface area contributed by atoms with Crippen molar-refractivity contribution >= 4 is 5.91 Å². The standard InChI is InChI=1S/C18H23N9O/c1-26(10-13-4-2-6-15(8-13)17-21-23-24-22-17)18(28)16-12-27(25-20-16)11-14-5-3-7-19-9-14/h2,4,6,8,12,14,19H,3,5,7,9-11H2,1H3,(H,21,22,23,24)/t14-/m0/s1. The number of aromatic nitrogens is 7. The quantitative estimate of drug-likeness (QED) is 0.646. The van der Waals surface area contributed by atoms with E-state index in [0.717, 1.165) is 30.8 Å². The lowest BCUT2D eigenvalue weighted by Gasteiger charge is -2.22. The maximum atomic E-state index is 12.7. The number of H-pyrrole nitrogens is 1. The third kappa shape index (κ3) is 4.22. The van der Waals surface area contributed by atoms with Crippen molar-refractivity contribution < 1.29 is 4.79 Å². The molecule has 1 amide bonds. The van der Waals surface area contributed by atoms with Crippen molar-refractivity contribution in [3.05, 3.63) is 41.7 Å². The van der Waals surface area contributed by atoms with E-state index in [-0.39, 0.29) is 5.91 Å². The Kier molecular flexibility index (Phi) is 5.38. The summed E-state index contributed by atoms with van der Waals surface area (Å²) in [5.74, 6) is 0.901. The highest BCUT2D eigenvalue weighted by Crippen LogP contribution is 2.17. The summed E-state index contributed by atoms with van der Waals surface area (Å²) in [6.07, 6.45) is 4.09. The van der Waals surface area contributed by atoms with Crippen LogP contribution in [0.5, 0.6) is 0 Å². The number of nitrogens with zero attached hydrogens (tertiary/aromatic N) is 7. The molecule has 28 heavy (non-hydrogen) atoms. The van der Waals surface area contributed by atoms with Gasteiger partial charge in [-0.1, -0.05) is 23.4 Å². The largest absolute Gasteiger partial charge is 0.336 e. The molecule has 0 radical (unpaired) electrons. The number of nitrogens with one attached hydrogen (secondary N) is 2. The van der Waals surface area contributed by atoms with E-state index in [1.54, 1.807) is 22.8 Å². The topological polar surface area (TPSA) is 118 Å². The first-order chi connectivity index (χ1) is 13.7. The minimum atomic E-state index is -0.155. The molecule has 0 bridgehead atoms. The van der Waals surface area contributed by atoms with Crippen LogP contribution in [0.3, 0.4) is 0 Å². The molecule has 0 aliphatic carbocycles. The van der Waals surface area contributed by atoms with Crippen molar-refractivity contribution in [2.45, 2.75) is 25.9 Å². The second-order valence-corrected chi connectivity index (χ2v) is 7.14. The summed E-state index contributed by atoms with van der Waals surface area (Å²) in [5, 5.41) is 25.6. The van der Waals surface area contributed by atoms with Crippen LogP contribution in [0.25, 0.3) is 11.4 Å². The fourth-order valence-corrected chi connectivity index (χ4v) is 3.46. The van der Waals surface area contributed by atoms with Crippen LogP contribution < -0.4 is 5.32 Å². The summed E-state index contributed by atoms with van der Waals surface area (Å²) in [4.78, 5) is 14.4. The zero-order chi connectivity index (χ0) is 19.3. The molecule has 0 spiro atoms. The molecular formula is C18H23N9O. The van der Waals surface area contributed by atoms with Gasteiger partial charge in [0.05, 0.1) is 6.20 Å². The minimum Gasteiger partial charge on any atom is -0.336 e. The van der Waals surface area contributed by atoms with Gasteiger partial charge in [0.1, 0.15) is 0 Å². The summed E-state index contributed by atoms with van der Waals surface area (Å²) in [7, 11) is 1.76. The first kappa shape index (κ1) is 18.2. The van der Waals surface area contributed by atoms with Crippen LogP contribution in [-0.4, -0.2) is 66.6 Å². The Morgan fingerprint density at radius 3 is 3.07 bits per heavy atom. The molecule has 3 aromatic rings. The maximum Gasteiger partial charge on any atom is 0.276 e. The molecule has 1 aliphatic rings. The fraction of sp³-hybridized carbons (Fsp3) is 0.444. The zero-order valence-corrected chi connectivity index (χ0v) is 15.7. The highest BCUT2D eigenvalue weighted by atomic mass is 16.2. The Bertz CT molecular complexity index is 915. The van der Waals surface area contributed by atoms with Crippen LogP contribution in [-0.2, 0) is 13.1 Å². The highest BCUT2D eigenvalue weighted by Gasteiger charge is 2.19. The number of tetrazole rings is 1. The van der Waals surface area contributed by atoms with Gasteiger partial charge in [0.25, 0.3) is 5.91 Å². The Morgan fingerprint density at radius 1 is 1.36 bits per heavy atom. The molecule has 1 aromatic carbocycles. The number of amides is 1. The SMILES string of the molecule is CN(Cc1cccc(-c2nn[nH]n2)c1)C(=O)c1cn(C[C@H]2CCCNC2)nn1. The van der Waals surface area contributed by atoms with Crippen LogP contribution in [0.4, 0.5) is 0 Å². The van der Waals surface area contributed by atoms with E-state index in [2.05, 4.69) is 36.3 Å². The van der Waals surface area contributed by atoms with Gasteiger partial charge in [-0.15, -0.1) is 15.3 Å². The van der Waals surface area contributed by atoms with E-state index in [1.807, 2.05) is 24.3 Å². The Hall–Kier alpha value is -3.14. The molecule has 146 valence electrons. The summed E-state index contributed by atoms with van der Waals surface area (Å²) >= 11 is 0. The molecule has 1 saturated heterocycles. The lowest BCUT2D eigenvalue weighted by molar-refractivity contribution is 0.0779. The van der Waals surface area contributed by atoms with Crippen LogP contribution in [0.2, 0.25) is 0 Å². The highest BCUT2D eigenvalue weighted by molar-refractivity contribution is 5.91. The van der Waals surface area contributed by atoms with Crippen molar-refractivity contribution in [3.63, 3.8) is 0 Å². The molecule has 10 nitrogen and oxygen atoms in total. The molecule has 3 heterocycles. The van der Waals surface area contributed by atoms with E-state index in [1.165, 1.54) is 12.8 Å². The minimum absolute atomic E-state index is 0.155. The predicted molar refractivity (Wildman–Crippen MR) is 101 cm³/mol. The van der Waals surface area contributed by atoms with Gasteiger partial charge in [0, 0.05) is 25.7 Å². The van der Waals surface area contributed by atoms with Crippen molar-refractivity contribution in [1.82, 2.24) is 45.8 Å². The molecule has 2 aromatic heterocycles. The molecule has 1 atom stereocenters. The van der Waals surface area contributed by atoms with Gasteiger partial charge in [0.2, 0.25) is 5.82 Å². The molecule has 0 saturated carbocycles. The summed E-state index contributed by atoms with van der Waals surface area (Å²) in [5.41, 5.74) is 2.18. The average Bonchev–Trinajstić information content (AvgIpc) is 3.41. The van der Waals surface area contributed by atoms with Crippen LogP contribution in [0, 0.1) is 5.92 Å². The van der Waals surface area contributed by atoms with Gasteiger partial charge in [-0.05, 0) is 48.7 Å². The smallest absolute Gasteiger partial charge is 0.276 e. The third-order valence-electron chi connectivity index (χ3n) is 4.90. The van der Waals surface area contributed by atoms with E-state index in [0.29, 0.717) is 24.0 Å². The number of carbonyl (C=O) groups is 1. The fourth-order valence-electron chi connectivity index (χ4n) is 3.46. The monoisotopic (exact) mass is 381 g/mol. The van der Waals surface area contributed by atoms with Gasteiger partial charge >= 0.3 is 0 Å². The number of piperidine rings is 1. The molecular weight excluding hydrogens is 358 g/mol. The van der Waals surface area contributed by atoms with E-state index in [9.17, 15) is 4.79 Å². The Balaban J connectivity index is 1.39. The van der Waals surface area contributed by atoms with Gasteiger partial charge < -0.3 is 10.2 Å². The zero-order valence-electron chi connectivity index (χ0n) is 15.7. The van der Waals surface area contributed by atoms with Gasteiger partial charge in [-0.3, -0.25) is 9.48 Å². The number of hydrogen-bond donors (Lipinski definition) is 2. The number of aromatic amines is 1. The first-order valence-electron chi connectivity index (χ1n) is 9.38. The van der Waals surface area contributed by atoms with Crippen molar-refractivity contribution in [2.75, 3.05) is 20.1 Å². The lowest BCUT2D eigenvalue weighted by atomic mass is 10.00. The second-order valence-electron chi connectivity index (χ2n) is 7.14. The summed E-state index contributed by atoms with van der Waals surface area (Å²) < 4.78 is 1.77.